The number of ether oxygens (including phenoxy) is 4. The highest BCUT2D eigenvalue weighted by Gasteiger charge is 2.46. The van der Waals surface area contributed by atoms with Gasteiger partial charge in [0.2, 0.25) is 0 Å². The Kier molecular flexibility index (Phi) is 4.81. The van der Waals surface area contributed by atoms with Crippen molar-refractivity contribution in [3.63, 3.8) is 0 Å². The maximum Gasteiger partial charge on any atom is 0.271 e. The molecule has 0 saturated heterocycles. The van der Waals surface area contributed by atoms with Gasteiger partial charge in [-0.2, -0.15) is 5.10 Å². The number of methoxy groups -OCH3 is 2. The van der Waals surface area contributed by atoms with Gasteiger partial charge in [0.25, 0.3) is 5.91 Å². The number of rotatable bonds is 5. The van der Waals surface area contributed by atoms with Gasteiger partial charge in [-0.1, -0.05) is 0 Å². The lowest BCUT2D eigenvalue weighted by atomic mass is 10.1. The molecule has 2 aromatic rings. The highest BCUT2D eigenvalue weighted by molar-refractivity contribution is 5.95. The molecule has 0 bridgehead atoms. The molecule has 1 saturated carbocycles. The summed E-state index contributed by atoms with van der Waals surface area (Å²) < 4.78 is 22.2. The average Bonchev–Trinajstić information content (AvgIpc) is 3.53. The van der Waals surface area contributed by atoms with Crippen LogP contribution in [0.4, 0.5) is 0 Å². The van der Waals surface area contributed by atoms with Crippen molar-refractivity contribution < 1.29 is 23.7 Å². The third kappa shape index (κ3) is 3.74. The van der Waals surface area contributed by atoms with E-state index in [0.29, 0.717) is 41.8 Å². The Morgan fingerprint density at radius 2 is 1.79 bits per heavy atom. The fourth-order valence-corrected chi connectivity index (χ4v) is 3.01. The SMILES string of the molecule is COc1ccc(/C=N\NC(=O)c2ccc3c(c2)OCC2(CC2)CO3)cc1OC. The van der Waals surface area contributed by atoms with E-state index in [1.54, 1.807) is 50.8 Å². The number of fused-ring (bicyclic) bond motifs is 1. The van der Waals surface area contributed by atoms with Gasteiger partial charge in [-0.3, -0.25) is 4.79 Å². The van der Waals surface area contributed by atoms with E-state index in [0.717, 1.165) is 18.4 Å². The molecule has 1 aliphatic heterocycles. The molecule has 1 fully saturated rings. The van der Waals surface area contributed by atoms with Gasteiger partial charge in [0.15, 0.2) is 23.0 Å². The molecule has 7 heteroatoms. The topological polar surface area (TPSA) is 78.4 Å². The second kappa shape index (κ2) is 7.42. The van der Waals surface area contributed by atoms with Crippen molar-refractivity contribution in [1.29, 1.82) is 0 Å². The molecule has 146 valence electrons. The molecular weight excluding hydrogens is 360 g/mol. The Labute approximate surface area is 163 Å². The number of nitrogens with zero attached hydrogens (tertiary/aromatic N) is 1. The standard InChI is InChI=1S/C21H22N2O5/c1-25-16-5-3-14(9-18(16)26-2)11-22-23-20(24)15-4-6-17-19(10-15)28-13-21(7-8-21)12-27-17/h3-6,9-11H,7-8,12-13H2,1-2H3,(H,23,24)/b22-11-. The summed E-state index contributed by atoms with van der Waals surface area (Å²) >= 11 is 0. The van der Waals surface area contributed by atoms with E-state index in [1.165, 1.54) is 0 Å². The van der Waals surface area contributed by atoms with E-state index >= 15 is 0 Å². The largest absolute Gasteiger partial charge is 0.493 e. The van der Waals surface area contributed by atoms with Gasteiger partial charge in [0, 0.05) is 11.0 Å². The van der Waals surface area contributed by atoms with E-state index in [-0.39, 0.29) is 11.3 Å². The van der Waals surface area contributed by atoms with Gasteiger partial charge < -0.3 is 18.9 Å². The number of nitrogens with one attached hydrogen (secondary N) is 1. The summed E-state index contributed by atoms with van der Waals surface area (Å²) in [4.78, 5) is 12.4. The molecule has 4 rings (SSSR count). The van der Waals surface area contributed by atoms with Crippen LogP contribution >= 0.6 is 0 Å². The summed E-state index contributed by atoms with van der Waals surface area (Å²) in [7, 11) is 3.14. The van der Waals surface area contributed by atoms with Crippen molar-refractivity contribution in [2.45, 2.75) is 12.8 Å². The van der Waals surface area contributed by atoms with Crippen molar-refractivity contribution in [2.75, 3.05) is 27.4 Å². The van der Waals surface area contributed by atoms with Gasteiger partial charge in [-0.15, -0.1) is 0 Å². The highest BCUT2D eigenvalue weighted by Crippen LogP contribution is 2.49. The molecule has 1 N–H and O–H groups in total. The van der Waals surface area contributed by atoms with Crippen molar-refractivity contribution in [1.82, 2.24) is 5.43 Å². The van der Waals surface area contributed by atoms with Gasteiger partial charge in [-0.25, -0.2) is 5.43 Å². The molecule has 7 nitrogen and oxygen atoms in total. The molecule has 2 aliphatic rings. The van der Waals surface area contributed by atoms with E-state index in [4.69, 9.17) is 18.9 Å². The lowest BCUT2D eigenvalue weighted by molar-refractivity contribution is 0.0954. The van der Waals surface area contributed by atoms with Gasteiger partial charge in [0.1, 0.15) is 0 Å². The number of amides is 1. The van der Waals surface area contributed by atoms with Crippen molar-refractivity contribution >= 4 is 12.1 Å². The van der Waals surface area contributed by atoms with Crippen LogP contribution in [0, 0.1) is 5.41 Å². The molecule has 0 aromatic heterocycles. The molecule has 1 amide bonds. The van der Waals surface area contributed by atoms with E-state index < -0.39 is 0 Å². The van der Waals surface area contributed by atoms with E-state index in [2.05, 4.69) is 10.5 Å². The first-order chi connectivity index (χ1) is 13.6. The van der Waals surface area contributed by atoms with Crippen molar-refractivity contribution in [2.24, 2.45) is 10.5 Å². The molecule has 28 heavy (non-hydrogen) atoms. The monoisotopic (exact) mass is 382 g/mol. The number of hydrogen-bond acceptors (Lipinski definition) is 6. The summed E-state index contributed by atoms with van der Waals surface area (Å²) in [6, 6.07) is 10.5. The number of hydrazone groups is 1. The van der Waals surface area contributed by atoms with Crippen LogP contribution in [0.1, 0.15) is 28.8 Å². The first kappa shape index (κ1) is 18.2. The summed E-state index contributed by atoms with van der Waals surface area (Å²) in [5.41, 5.74) is 3.91. The normalized spacial score (nSPS) is 16.5. The Morgan fingerprint density at radius 3 is 2.50 bits per heavy atom. The summed E-state index contributed by atoms with van der Waals surface area (Å²) in [6.45, 7) is 1.30. The molecule has 0 unspecified atom stereocenters. The lowest BCUT2D eigenvalue weighted by Gasteiger charge is -2.09. The minimum Gasteiger partial charge on any atom is -0.493 e. The van der Waals surface area contributed by atoms with E-state index in [1.807, 2.05) is 6.07 Å². The number of hydrogen-bond donors (Lipinski definition) is 1. The van der Waals surface area contributed by atoms with Crippen LogP contribution in [-0.4, -0.2) is 39.6 Å². The maximum atomic E-state index is 12.4. The van der Waals surface area contributed by atoms with Crippen molar-refractivity contribution in [3.05, 3.63) is 47.5 Å². The lowest BCUT2D eigenvalue weighted by Crippen LogP contribution is -2.18. The van der Waals surface area contributed by atoms with E-state index in [9.17, 15) is 4.79 Å². The predicted molar refractivity (Wildman–Crippen MR) is 104 cm³/mol. The van der Waals surface area contributed by atoms with Crippen LogP contribution in [-0.2, 0) is 0 Å². The quantitative estimate of drug-likeness (QED) is 0.635. The second-order valence-corrected chi connectivity index (χ2v) is 7.05. The predicted octanol–water partition coefficient (Wildman–Crippen LogP) is 3.02. The smallest absolute Gasteiger partial charge is 0.271 e. The zero-order valence-corrected chi connectivity index (χ0v) is 15.9. The first-order valence-electron chi connectivity index (χ1n) is 9.08. The first-order valence-corrected chi connectivity index (χ1v) is 9.08. The van der Waals surface area contributed by atoms with Gasteiger partial charge in [-0.05, 0) is 54.8 Å². The Morgan fingerprint density at radius 1 is 1.04 bits per heavy atom. The van der Waals surface area contributed by atoms with Crippen LogP contribution in [0.2, 0.25) is 0 Å². The van der Waals surface area contributed by atoms with Crippen LogP contribution < -0.4 is 24.4 Å². The fraction of sp³-hybridized carbons (Fsp3) is 0.333. The Hall–Kier alpha value is -3.22. The highest BCUT2D eigenvalue weighted by atomic mass is 16.5. The van der Waals surface area contributed by atoms with Crippen LogP contribution in [0.3, 0.4) is 0 Å². The number of benzene rings is 2. The van der Waals surface area contributed by atoms with Crippen LogP contribution in [0.25, 0.3) is 0 Å². The zero-order valence-electron chi connectivity index (χ0n) is 15.9. The third-order valence-corrected chi connectivity index (χ3v) is 5.02. The van der Waals surface area contributed by atoms with Crippen LogP contribution in [0.15, 0.2) is 41.5 Å². The molecule has 1 heterocycles. The fourth-order valence-electron chi connectivity index (χ4n) is 3.01. The zero-order chi connectivity index (χ0) is 19.6. The summed E-state index contributed by atoms with van der Waals surface area (Å²) in [6.07, 6.45) is 3.79. The molecule has 1 spiro atoms. The van der Waals surface area contributed by atoms with Crippen LogP contribution in [0.5, 0.6) is 23.0 Å². The molecule has 0 atom stereocenters. The average molecular weight is 382 g/mol. The molecule has 1 aliphatic carbocycles. The Balaban J connectivity index is 1.41. The summed E-state index contributed by atoms with van der Waals surface area (Å²) in [5, 5.41) is 4.02. The maximum absolute atomic E-state index is 12.4. The third-order valence-electron chi connectivity index (χ3n) is 5.02. The minimum atomic E-state index is -0.325. The molecular formula is C21H22N2O5. The number of carbonyl (C=O) groups excluding carboxylic acids is 1. The minimum absolute atomic E-state index is 0.158. The summed E-state index contributed by atoms with van der Waals surface area (Å²) in [5.74, 6) is 2.17. The second-order valence-electron chi connectivity index (χ2n) is 7.05. The number of carbonyl (C=O) groups is 1. The van der Waals surface area contributed by atoms with Gasteiger partial charge >= 0.3 is 0 Å². The molecule has 0 radical (unpaired) electrons. The Bertz CT molecular complexity index is 921. The van der Waals surface area contributed by atoms with Gasteiger partial charge in [0.05, 0.1) is 33.6 Å². The molecule has 2 aromatic carbocycles. The van der Waals surface area contributed by atoms with Crippen molar-refractivity contribution in [3.8, 4) is 23.0 Å².